The quantitative estimate of drug-likeness (QED) is 0.385. The first-order valence-corrected chi connectivity index (χ1v) is 4.56. The van der Waals surface area contributed by atoms with Gasteiger partial charge in [0.2, 0.25) is 0 Å². The number of hydrogen-bond donors (Lipinski definition) is 3. The van der Waals surface area contributed by atoms with Crippen molar-refractivity contribution in [2.24, 2.45) is 0 Å². The lowest BCUT2D eigenvalue weighted by molar-refractivity contribution is -0.383. The Bertz CT molecular complexity index is 395. The SMILES string of the molecule is COc1cc(N)c([N+](=O)[O-])c(NCCO)c1. The lowest BCUT2D eigenvalue weighted by Crippen LogP contribution is -2.09. The summed E-state index contributed by atoms with van der Waals surface area (Å²) in [4.78, 5) is 10.2. The predicted octanol–water partition coefficient (Wildman–Crippen LogP) is 0.590. The molecule has 0 amide bonds. The number of aliphatic hydroxyl groups is 1. The molecule has 0 bridgehead atoms. The fourth-order valence-electron chi connectivity index (χ4n) is 1.28. The third-order valence-corrected chi connectivity index (χ3v) is 1.96. The molecule has 1 aromatic carbocycles. The molecule has 0 aliphatic heterocycles. The van der Waals surface area contributed by atoms with Gasteiger partial charge in [0.1, 0.15) is 17.1 Å². The van der Waals surface area contributed by atoms with E-state index in [0.717, 1.165) is 0 Å². The first-order valence-electron chi connectivity index (χ1n) is 4.56. The maximum atomic E-state index is 10.8. The number of hydrogen-bond acceptors (Lipinski definition) is 6. The molecule has 16 heavy (non-hydrogen) atoms. The summed E-state index contributed by atoms with van der Waals surface area (Å²) in [7, 11) is 1.44. The van der Waals surface area contributed by atoms with E-state index in [4.69, 9.17) is 15.6 Å². The Morgan fingerprint density at radius 3 is 2.81 bits per heavy atom. The van der Waals surface area contributed by atoms with Gasteiger partial charge in [-0.2, -0.15) is 0 Å². The van der Waals surface area contributed by atoms with Crippen molar-refractivity contribution < 1.29 is 14.8 Å². The van der Waals surface area contributed by atoms with Gasteiger partial charge in [-0.1, -0.05) is 0 Å². The zero-order chi connectivity index (χ0) is 12.1. The van der Waals surface area contributed by atoms with Gasteiger partial charge in [-0.05, 0) is 0 Å². The molecular formula is C9H13N3O4. The van der Waals surface area contributed by atoms with Crippen LogP contribution in [0.15, 0.2) is 12.1 Å². The molecule has 0 fully saturated rings. The van der Waals surface area contributed by atoms with Gasteiger partial charge >= 0.3 is 5.69 Å². The molecule has 0 radical (unpaired) electrons. The highest BCUT2D eigenvalue weighted by molar-refractivity contribution is 5.76. The van der Waals surface area contributed by atoms with E-state index in [0.29, 0.717) is 5.75 Å². The number of benzene rings is 1. The molecule has 1 rings (SSSR count). The number of ether oxygens (including phenoxy) is 1. The van der Waals surface area contributed by atoms with Crippen LogP contribution in [0.4, 0.5) is 17.1 Å². The summed E-state index contributed by atoms with van der Waals surface area (Å²) < 4.78 is 4.95. The van der Waals surface area contributed by atoms with Crippen molar-refractivity contribution >= 4 is 17.1 Å². The average molecular weight is 227 g/mol. The van der Waals surface area contributed by atoms with Crippen LogP contribution in [0, 0.1) is 10.1 Å². The van der Waals surface area contributed by atoms with E-state index in [1.165, 1.54) is 19.2 Å². The van der Waals surface area contributed by atoms with Gasteiger partial charge in [0.15, 0.2) is 0 Å². The van der Waals surface area contributed by atoms with E-state index in [2.05, 4.69) is 5.32 Å². The minimum Gasteiger partial charge on any atom is -0.497 e. The van der Waals surface area contributed by atoms with E-state index < -0.39 is 4.92 Å². The van der Waals surface area contributed by atoms with Crippen LogP contribution < -0.4 is 15.8 Å². The average Bonchev–Trinajstić information content (AvgIpc) is 2.24. The van der Waals surface area contributed by atoms with Crippen LogP contribution in [0.2, 0.25) is 0 Å². The lowest BCUT2D eigenvalue weighted by Gasteiger charge is -2.09. The number of nitrogen functional groups attached to an aromatic ring is 1. The van der Waals surface area contributed by atoms with Gasteiger partial charge in [0.05, 0.1) is 18.6 Å². The van der Waals surface area contributed by atoms with Crippen LogP contribution in [-0.2, 0) is 0 Å². The fraction of sp³-hybridized carbons (Fsp3) is 0.333. The molecule has 0 aliphatic rings. The fourth-order valence-corrected chi connectivity index (χ4v) is 1.28. The molecule has 1 aromatic rings. The van der Waals surface area contributed by atoms with Crippen LogP contribution in [0.5, 0.6) is 5.75 Å². The Balaban J connectivity index is 3.17. The molecule has 0 saturated carbocycles. The number of nitro groups is 1. The Morgan fingerprint density at radius 2 is 2.31 bits per heavy atom. The Hall–Kier alpha value is -2.02. The first-order chi connectivity index (χ1) is 7.60. The summed E-state index contributed by atoms with van der Waals surface area (Å²) in [6, 6.07) is 2.84. The summed E-state index contributed by atoms with van der Waals surface area (Å²) in [5.41, 5.74) is 5.58. The smallest absolute Gasteiger partial charge is 0.315 e. The number of methoxy groups -OCH3 is 1. The van der Waals surface area contributed by atoms with Gasteiger partial charge in [-0.25, -0.2) is 0 Å². The number of anilines is 2. The van der Waals surface area contributed by atoms with Crippen LogP contribution in [0.3, 0.4) is 0 Å². The standard InChI is InChI=1S/C9H13N3O4/c1-16-6-4-7(10)9(12(14)15)8(5-6)11-2-3-13/h4-5,11,13H,2-3,10H2,1H3. The third kappa shape index (κ3) is 2.51. The molecule has 4 N–H and O–H groups in total. The van der Waals surface area contributed by atoms with E-state index in [9.17, 15) is 10.1 Å². The minimum absolute atomic E-state index is 0.0183. The monoisotopic (exact) mass is 227 g/mol. The molecule has 0 heterocycles. The summed E-state index contributed by atoms with van der Waals surface area (Å²) in [6.45, 7) is 0.0711. The molecule has 88 valence electrons. The highest BCUT2D eigenvalue weighted by Crippen LogP contribution is 2.35. The molecule has 0 aliphatic carbocycles. The Morgan fingerprint density at radius 1 is 1.62 bits per heavy atom. The topological polar surface area (TPSA) is 111 Å². The molecule has 0 saturated heterocycles. The molecule has 0 atom stereocenters. The van der Waals surface area contributed by atoms with Crippen LogP contribution >= 0.6 is 0 Å². The van der Waals surface area contributed by atoms with Crippen molar-refractivity contribution in [1.82, 2.24) is 0 Å². The van der Waals surface area contributed by atoms with Crippen LogP contribution in [-0.4, -0.2) is 30.3 Å². The van der Waals surface area contributed by atoms with E-state index in [1.807, 2.05) is 0 Å². The number of nitrogens with one attached hydrogen (secondary N) is 1. The molecule has 0 aromatic heterocycles. The number of aliphatic hydroxyl groups excluding tert-OH is 1. The molecule has 7 heteroatoms. The van der Waals surface area contributed by atoms with Gasteiger partial charge in [-0.15, -0.1) is 0 Å². The third-order valence-electron chi connectivity index (χ3n) is 1.96. The second-order valence-electron chi connectivity index (χ2n) is 3.02. The van der Waals surface area contributed by atoms with Crippen LogP contribution in [0.25, 0.3) is 0 Å². The van der Waals surface area contributed by atoms with Crippen molar-refractivity contribution in [3.05, 3.63) is 22.2 Å². The summed E-state index contributed by atoms with van der Waals surface area (Å²) in [5.74, 6) is 0.420. The van der Waals surface area contributed by atoms with Gasteiger partial charge < -0.3 is 20.9 Å². The summed E-state index contributed by atoms with van der Waals surface area (Å²) in [5, 5.41) is 22.2. The second kappa shape index (κ2) is 5.17. The second-order valence-corrected chi connectivity index (χ2v) is 3.02. The van der Waals surface area contributed by atoms with Gasteiger partial charge in [-0.3, -0.25) is 10.1 Å². The maximum Gasteiger partial charge on any atom is 0.315 e. The van der Waals surface area contributed by atoms with E-state index >= 15 is 0 Å². The zero-order valence-electron chi connectivity index (χ0n) is 8.77. The van der Waals surface area contributed by atoms with E-state index in [-0.39, 0.29) is 30.2 Å². The van der Waals surface area contributed by atoms with Gasteiger partial charge in [0, 0.05) is 18.7 Å². The summed E-state index contributed by atoms with van der Waals surface area (Å²) in [6.07, 6.45) is 0. The van der Waals surface area contributed by atoms with Crippen molar-refractivity contribution in [2.75, 3.05) is 31.3 Å². The van der Waals surface area contributed by atoms with Crippen molar-refractivity contribution in [3.63, 3.8) is 0 Å². The number of nitro benzene ring substituents is 1. The molecule has 0 spiro atoms. The van der Waals surface area contributed by atoms with Crippen LogP contribution in [0.1, 0.15) is 0 Å². The maximum absolute atomic E-state index is 10.8. The highest BCUT2D eigenvalue weighted by atomic mass is 16.6. The molecule has 7 nitrogen and oxygen atoms in total. The predicted molar refractivity (Wildman–Crippen MR) is 59.6 cm³/mol. The Labute approximate surface area is 92.0 Å². The lowest BCUT2D eigenvalue weighted by atomic mass is 10.2. The van der Waals surface area contributed by atoms with E-state index in [1.54, 1.807) is 0 Å². The van der Waals surface area contributed by atoms with Gasteiger partial charge in [0.25, 0.3) is 0 Å². The molecule has 0 unspecified atom stereocenters. The highest BCUT2D eigenvalue weighted by Gasteiger charge is 2.19. The Kier molecular flexibility index (Phi) is 3.90. The number of nitrogens with two attached hydrogens (primary N) is 1. The van der Waals surface area contributed by atoms with Crippen molar-refractivity contribution in [3.8, 4) is 5.75 Å². The first kappa shape index (κ1) is 12.1. The van der Waals surface area contributed by atoms with Crippen molar-refractivity contribution in [2.45, 2.75) is 0 Å². The normalized spacial score (nSPS) is 9.88. The summed E-state index contributed by atoms with van der Waals surface area (Å²) >= 11 is 0. The molecular weight excluding hydrogens is 214 g/mol. The van der Waals surface area contributed by atoms with Crippen molar-refractivity contribution in [1.29, 1.82) is 0 Å². The minimum atomic E-state index is -0.575. The zero-order valence-corrected chi connectivity index (χ0v) is 8.77. The largest absolute Gasteiger partial charge is 0.497 e. The number of nitrogens with zero attached hydrogens (tertiary/aromatic N) is 1. The number of rotatable bonds is 5.